The zero-order valence-electron chi connectivity index (χ0n) is 12.4. The Bertz CT molecular complexity index is 442. The first-order valence-electron chi connectivity index (χ1n) is 6.99. The van der Waals surface area contributed by atoms with Crippen LogP contribution in [0.1, 0.15) is 37.6 Å². The quantitative estimate of drug-likeness (QED) is 0.833. The molecule has 1 amide bonds. The predicted octanol–water partition coefficient (Wildman–Crippen LogP) is 2.90. The highest BCUT2D eigenvalue weighted by atomic mass is 16.4. The predicted molar refractivity (Wildman–Crippen MR) is 78.6 cm³/mol. The van der Waals surface area contributed by atoms with Crippen molar-refractivity contribution in [3.63, 3.8) is 0 Å². The Morgan fingerprint density at radius 2 is 1.75 bits per heavy atom. The van der Waals surface area contributed by atoms with Crippen molar-refractivity contribution in [2.75, 3.05) is 13.1 Å². The van der Waals surface area contributed by atoms with Crippen molar-refractivity contribution in [1.29, 1.82) is 0 Å². The van der Waals surface area contributed by atoms with Crippen LogP contribution in [0.25, 0.3) is 0 Å². The number of carboxylic acids is 1. The average molecular weight is 277 g/mol. The maximum absolute atomic E-state index is 12.4. The van der Waals surface area contributed by atoms with Crippen molar-refractivity contribution >= 4 is 11.9 Å². The second kappa shape index (κ2) is 7.68. The second-order valence-corrected chi connectivity index (χ2v) is 5.54. The van der Waals surface area contributed by atoms with E-state index in [1.165, 1.54) is 0 Å². The molecule has 0 aliphatic heterocycles. The van der Waals surface area contributed by atoms with Gasteiger partial charge in [-0.25, -0.2) is 0 Å². The zero-order chi connectivity index (χ0) is 15.1. The van der Waals surface area contributed by atoms with Crippen LogP contribution in [0.3, 0.4) is 0 Å². The summed E-state index contributed by atoms with van der Waals surface area (Å²) in [5, 5.41) is 9.02. The van der Waals surface area contributed by atoms with Crippen molar-refractivity contribution in [2.24, 2.45) is 11.8 Å². The summed E-state index contributed by atoms with van der Waals surface area (Å²) in [5.74, 6) is -1.06. The van der Waals surface area contributed by atoms with E-state index in [9.17, 15) is 9.59 Å². The minimum Gasteiger partial charge on any atom is -0.481 e. The molecule has 1 N–H and O–H groups in total. The molecule has 0 bridgehead atoms. The molecule has 4 heteroatoms. The van der Waals surface area contributed by atoms with Gasteiger partial charge in [0.05, 0.1) is 5.92 Å². The van der Waals surface area contributed by atoms with E-state index in [0.29, 0.717) is 18.0 Å². The lowest BCUT2D eigenvalue weighted by atomic mass is 10.1. The van der Waals surface area contributed by atoms with Crippen molar-refractivity contribution in [3.05, 3.63) is 35.9 Å². The average Bonchev–Trinajstić information content (AvgIpc) is 2.43. The lowest BCUT2D eigenvalue weighted by Crippen LogP contribution is -2.38. The van der Waals surface area contributed by atoms with Gasteiger partial charge in [0.1, 0.15) is 0 Å². The van der Waals surface area contributed by atoms with Crippen molar-refractivity contribution in [2.45, 2.75) is 27.2 Å². The van der Waals surface area contributed by atoms with Crippen LogP contribution in [0.5, 0.6) is 0 Å². The first-order chi connectivity index (χ1) is 9.41. The van der Waals surface area contributed by atoms with E-state index in [1.807, 2.05) is 18.2 Å². The SMILES string of the molecule is CC(C)CCN(CC(C)C(=O)O)C(=O)c1ccccc1. The standard InChI is InChI=1S/C16H23NO3/c1-12(2)9-10-17(11-13(3)16(19)20)15(18)14-7-5-4-6-8-14/h4-8,12-13H,9-11H2,1-3H3,(H,19,20). The first kappa shape index (κ1) is 16.2. The molecule has 1 atom stereocenters. The second-order valence-electron chi connectivity index (χ2n) is 5.54. The highest BCUT2D eigenvalue weighted by Gasteiger charge is 2.21. The molecule has 110 valence electrons. The molecule has 0 aromatic heterocycles. The van der Waals surface area contributed by atoms with Crippen LogP contribution in [0, 0.1) is 11.8 Å². The van der Waals surface area contributed by atoms with Crippen LogP contribution >= 0.6 is 0 Å². The van der Waals surface area contributed by atoms with Crippen LogP contribution in [0.15, 0.2) is 30.3 Å². The van der Waals surface area contributed by atoms with Gasteiger partial charge in [-0.05, 0) is 24.5 Å². The van der Waals surface area contributed by atoms with Crippen molar-refractivity contribution < 1.29 is 14.7 Å². The fourth-order valence-corrected chi connectivity index (χ4v) is 1.86. The summed E-state index contributed by atoms with van der Waals surface area (Å²) in [6.45, 7) is 6.64. The van der Waals surface area contributed by atoms with E-state index in [4.69, 9.17) is 5.11 Å². The highest BCUT2D eigenvalue weighted by Crippen LogP contribution is 2.11. The molecule has 0 radical (unpaired) electrons. The van der Waals surface area contributed by atoms with Gasteiger partial charge in [-0.1, -0.05) is 39.0 Å². The van der Waals surface area contributed by atoms with Crippen LogP contribution in [0.4, 0.5) is 0 Å². The largest absolute Gasteiger partial charge is 0.481 e. The number of carbonyl (C=O) groups excluding carboxylic acids is 1. The maximum Gasteiger partial charge on any atom is 0.308 e. The summed E-state index contributed by atoms with van der Waals surface area (Å²) in [6, 6.07) is 9.00. The molecule has 0 heterocycles. The smallest absolute Gasteiger partial charge is 0.308 e. The number of aliphatic carboxylic acids is 1. The third kappa shape index (κ3) is 5.03. The van der Waals surface area contributed by atoms with Gasteiger partial charge in [-0.15, -0.1) is 0 Å². The number of carboxylic acid groups (broad SMARTS) is 1. The third-order valence-electron chi connectivity index (χ3n) is 3.20. The number of nitrogens with zero attached hydrogens (tertiary/aromatic N) is 1. The Balaban J connectivity index is 2.80. The minimum absolute atomic E-state index is 0.0978. The summed E-state index contributed by atoms with van der Waals surface area (Å²) in [4.78, 5) is 25.1. The molecule has 1 aromatic carbocycles. The molecule has 0 spiro atoms. The Hall–Kier alpha value is -1.84. The molecule has 0 fully saturated rings. The Kier molecular flexibility index (Phi) is 6.22. The number of benzene rings is 1. The normalized spacial score (nSPS) is 12.2. The first-order valence-corrected chi connectivity index (χ1v) is 6.99. The molecule has 1 aromatic rings. The minimum atomic E-state index is -0.875. The van der Waals surface area contributed by atoms with E-state index in [2.05, 4.69) is 13.8 Å². The monoisotopic (exact) mass is 277 g/mol. The summed E-state index contributed by atoms with van der Waals surface area (Å²) in [5.41, 5.74) is 0.605. The van der Waals surface area contributed by atoms with Gasteiger partial charge in [-0.3, -0.25) is 9.59 Å². The van der Waals surface area contributed by atoms with E-state index in [-0.39, 0.29) is 12.5 Å². The van der Waals surface area contributed by atoms with Crippen molar-refractivity contribution in [1.82, 2.24) is 4.90 Å². The number of rotatable bonds is 7. The van der Waals surface area contributed by atoms with Gasteiger partial charge >= 0.3 is 5.97 Å². The Labute approximate surface area is 120 Å². The van der Waals surface area contributed by atoms with E-state index < -0.39 is 11.9 Å². The molecule has 1 unspecified atom stereocenters. The van der Waals surface area contributed by atoms with E-state index >= 15 is 0 Å². The fourth-order valence-electron chi connectivity index (χ4n) is 1.86. The molecule has 0 aliphatic rings. The summed E-state index contributed by atoms with van der Waals surface area (Å²) < 4.78 is 0. The maximum atomic E-state index is 12.4. The number of hydrogen-bond donors (Lipinski definition) is 1. The van der Waals surface area contributed by atoms with Crippen LogP contribution in [-0.4, -0.2) is 35.0 Å². The number of carbonyl (C=O) groups is 2. The molecular formula is C16H23NO3. The molecule has 4 nitrogen and oxygen atoms in total. The molecule has 20 heavy (non-hydrogen) atoms. The summed E-state index contributed by atoms with van der Waals surface area (Å²) in [7, 11) is 0. The van der Waals surface area contributed by atoms with Gasteiger partial charge < -0.3 is 10.0 Å². The van der Waals surface area contributed by atoms with E-state index in [0.717, 1.165) is 6.42 Å². The lowest BCUT2D eigenvalue weighted by Gasteiger charge is -2.25. The zero-order valence-corrected chi connectivity index (χ0v) is 12.4. The molecule has 1 rings (SSSR count). The van der Waals surface area contributed by atoms with Gasteiger partial charge in [0.15, 0.2) is 0 Å². The van der Waals surface area contributed by atoms with Crippen LogP contribution in [0.2, 0.25) is 0 Å². The van der Waals surface area contributed by atoms with Crippen molar-refractivity contribution in [3.8, 4) is 0 Å². The molecule has 0 saturated heterocycles. The Morgan fingerprint density at radius 3 is 2.25 bits per heavy atom. The summed E-state index contributed by atoms with van der Waals surface area (Å²) >= 11 is 0. The van der Waals surface area contributed by atoms with Crippen LogP contribution < -0.4 is 0 Å². The number of hydrogen-bond acceptors (Lipinski definition) is 2. The van der Waals surface area contributed by atoms with Gasteiger partial charge in [0.2, 0.25) is 0 Å². The Morgan fingerprint density at radius 1 is 1.15 bits per heavy atom. The number of amides is 1. The molecule has 0 aliphatic carbocycles. The van der Waals surface area contributed by atoms with E-state index in [1.54, 1.807) is 24.0 Å². The van der Waals surface area contributed by atoms with Gasteiger partial charge in [0, 0.05) is 18.7 Å². The third-order valence-corrected chi connectivity index (χ3v) is 3.20. The fraction of sp³-hybridized carbons (Fsp3) is 0.500. The van der Waals surface area contributed by atoms with Gasteiger partial charge in [-0.2, -0.15) is 0 Å². The molecular weight excluding hydrogens is 254 g/mol. The molecule has 0 saturated carbocycles. The topological polar surface area (TPSA) is 57.6 Å². The van der Waals surface area contributed by atoms with Crippen LogP contribution in [-0.2, 0) is 4.79 Å². The van der Waals surface area contributed by atoms with Gasteiger partial charge in [0.25, 0.3) is 5.91 Å². The summed E-state index contributed by atoms with van der Waals surface area (Å²) in [6.07, 6.45) is 0.866. The highest BCUT2D eigenvalue weighted by molar-refractivity contribution is 5.94. The lowest BCUT2D eigenvalue weighted by molar-refractivity contribution is -0.141.